The Morgan fingerprint density at radius 1 is 1.28 bits per heavy atom. The smallest absolute Gasteiger partial charge is 0.432 e. The molecule has 1 aliphatic heterocycles. The molecule has 1 atom stereocenters. The van der Waals surface area contributed by atoms with Crippen LogP contribution < -0.4 is 0 Å². The van der Waals surface area contributed by atoms with Crippen molar-refractivity contribution in [1.82, 2.24) is 10.1 Å². The number of carboxylic acid groups (broad SMARTS) is 1. The summed E-state index contributed by atoms with van der Waals surface area (Å²) in [5.74, 6) is -0.727. The Labute approximate surface area is 145 Å². The normalized spacial score (nSPS) is 20.6. The molecule has 0 radical (unpaired) electrons. The van der Waals surface area contributed by atoms with Gasteiger partial charge in [-0.15, -0.1) is 0 Å². The maximum atomic E-state index is 12.4. The number of carbonyl (C=O) groups excluding carboxylic acids is 1. The predicted molar refractivity (Wildman–Crippen MR) is 88.4 cm³/mol. The van der Waals surface area contributed by atoms with Gasteiger partial charge in [0, 0.05) is 18.9 Å². The second-order valence-corrected chi connectivity index (χ2v) is 8.11. The monoisotopic (exact) mass is 369 g/mol. The van der Waals surface area contributed by atoms with E-state index in [0.717, 1.165) is 11.3 Å². The van der Waals surface area contributed by atoms with Gasteiger partial charge < -0.3 is 5.11 Å². The number of benzene rings is 1. The molecule has 2 N–H and O–H groups in total. The van der Waals surface area contributed by atoms with Gasteiger partial charge in [0.05, 0.1) is 4.90 Å². The van der Waals surface area contributed by atoms with Crippen molar-refractivity contribution >= 4 is 27.5 Å². The molecule has 1 aliphatic rings. The van der Waals surface area contributed by atoms with E-state index >= 15 is 0 Å². The molecule has 0 saturated carbocycles. The van der Waals surface area contributed by atoms with Crippen LogP contribution in [-0.4, -0.2) is 65.4 Å². The van der Waals surface area contributed by atoms with E-state index in [0.29, 0.717) is 16.7 Å². The van der Waals surface area contributed by atoms with Crippen LogP contribution >= 0.6 is 0 Å². The molecule has 1 aromatic carbocycles. The Kier molecular flexibility index (Phi) is 4.39. The molecule has 0 bridgehead atoms. The standard InChI is InChI=1S/C15H19N3O6S/c1-8-6-10(7-9(2)11(8)25(5,23)24)12-15(3,18(22)14(20)21)13(19)17(4)16-12/h6-7,22H,1-5H3,(H,20,21). The Morgan fingerprint density at radius 3 is 2.16 bits per heavy atom. The fourth-order valence-corrected chi connectivity index (χ4v) is 4.39. The van der Waals surface area contributed by atoms with E-state index in [1.807, 2.05) is 0 Å². The Bertz CT molecular complexity index is 885. The second kappa shape index (κ2) is 5.81. The van der Waals surface area contributed by atoms with E-state index in [4.69, 9.17) is 5.11 Å². The molecular weight excluding hydrogens is 350 g/mol. The SMILES string of the molecule is Cc1cc(C2=NN(C)C(=O)C2(C)N(O)C(=O)O)cc(C)c1S(C)(=O)=O. The lowest BCUT2D eigenvalue weighted by Gasteiger charge is -2.30. The number of hydroxylamine groups is 2. The molecule has 0 fully saturated rings. The molecule has 0 saturated heterocycles. The van der Waals surface area contributed by atoms with Crippen molar-refractivity contribution in [1.29, 1.82) is 0 Å². The molecular formula is C15H19N3O6S. The van der Waals surface area contributed by atoms with Gasteiger partial charge in [-0.1, -0.05) is 0 Å². The zero-order chi connectivity index (χ0) is 19.3. The second-order valence-electron chi connectivity index (χ2n) is 6.16. The molecule has 25 heavy (non-hydrogen) atoms. The van der Waals surface area contributed by atoms with Crippen molar-refractivity contribution in [2.75, 3.05) is 13.3 Å². The van der Waals surface area contributed by atoms with Crippen molar-refractivity contribution in [2.45, 2.75) is 31.2 Å². The maximum Gasteiger partial charge on any atom is 0.432 e. The van der Waals surface area contributed by atoms with Gasteiger partial charge in [-0.25, -0.2) is 18.2 Å². The molecule has 1 aromatic rings. The van der Waals surface area contributed by atoms with Gasteiger partial charge in [0.15, 0.2) is 15.4 Å². The van der Waals surface area contributed by atoms with E-state index in [-0.39, 0.29) is 15.7 Å². The fraction of sp³-hybridized carbons (Fsp3) is 0.400. The number of rotatable bonds is 3. The minimum absolute atomic E-state index is 0.0103. The van der Waals surface area contributed by atoms with Gasteiger partial charge in [0.1, 0.15) is 5.71 Å². The highest BCUT2D eigenvalue weighted by Crippen LogP contribution is 2.31. The van der Waals surface area contributed by atoms with Crippen LogP contribution in [0.1, 0.15) is 23.6 Å². The van der Waals surface area contributed by atoms with Crippen molar-refractivity contribution < 1.29 is 28.3 Å². The predicted octanol–water partition coefficient (Wildman–Crippen LogP) is 1.01. The highest BCUT2D eigenvalue weighted by molar-refractivity contribution is 7.90. The van der Waals surface area contributed by atoms with E-state index in [9.17, 15) is 23.2 Å². The van der Waals surface area contributed by atoms with Crippen LogP contribution in [0.15, 0.2) is 22.1 Å². The number of hydrazone groups is 1. The van der Waals surface area contributed by atoms with Crippen LogP contribution in [0.3, 0.4) is 0 Å². The first-order valence-electron chi connectivity index (χ1n) is 7.22. The first kappa shape index (κ1) is 18.9. The third-order valence-corrected chi connectivity index (χ3v) is 5.52. The maximum absolute atomic E-state index is 12.4. The van der Waals surface area contributed by atoms with Gasteiger partial charge >= 0.3 is 6.09 Å². The molecule has 2 amide bonds. The third-order valence-electron chi connectivity index (χ3n) is 4.13. The van der Waals surface area contributed by atoms with Crippen LogP contribution in [-0.2, 0) is 14.6 Å². The minimum atomic E-state index is -3.46. The number of aryl methyl sites for hydroxylation is 2. The number of carbonyl (C=O) groups is 2. The lowest BCUT2D eigenvalue weighted by atomic mass is 9.88. The highest BCUT2D eigenvalue weighted by Gasteiger charge is 2.53. The summed E-state index contributed by atoms with van der Waals surface area (Å²) in [7, 11) is -2.11. The average Bonchev–Trinajstić information content (AvgIpc) is 2.69. The average molecular weight is 369 g/mol. The molecule has 0 spiro atoms. The fourth-order valence-electron chi connectivity index (χ4n) is 3.10. The van der Waals surface area contributed by atoms with Crippen molar-refractivity contribution in [3.05, 3.63) is 28.8 Å². The van der Waals surface area contributed by atoms with Crippen molar-refractivity contribution in [3.8, 4) is 0 Å². The largest absolute Gasteiger partial charge is 0.463 e. The van der Waals surface area contributed by atoms with E-state index in [1.54, 1.807) is 13.8 Å². The number of hydrogen-bond donors (Lipinski definition) is 2. The molecule has 9 nitrogen and oxygen atoms in total. The van der Waals surface area contributed by atoms with E-state index < -0.39 is 27.4 Å². The molecule has 0 aromatic heterocycles. The molecule has 10 heteroatoms. The van der Waals surface area contributed by atoms with Crippen molar-refractivity contribution in [2.24, 2.45) is 5.10 Å². The summed E-state index contributed by atoms with van der Waals surface area (Å²) in [6.45, 7) is 4.43. The highest BCUT2D eigenvalue weighted by atomic mass is 32.2. The van der Waals surface area contributed by atoms with Crippen molar-refractivity contribution in [3.63, 3.8) is 0 Å². The number of nitrogens with zero attached hydrogens (tertiary/aromatic N) is 3. The minimum Gasteiger partial charge on any atom is -0.463 e. The van der Waals surface area contributed by atoms with Crippen LogP contribution in [0.4, 0.5) is 4.79 Å². The summed E-state index contributed by atoms with van der Waals surface area (Å²) in [6, 6.07) is 3.01. The number of likely N-dealkylation sites (N-methyl/N-ethyl adjacent to an activating group) is 1. The molecule has 1 unspecified atom stereocenters. The Hall–Kier alpha value is -2.46. The van der Waals surface area contributed by atoms with Crippen LogP contribution in [0, 0.1) is 13.8 Å². The summed E-state index contributed by atoms with van der Waals surface area (Å²) in [5.41, 5.74) is -0.709. The molecule has 1 heterocycles. The first-order valence-corrected chi connectivity index (χ1v) is 9.12. The molecule has 0 aliphatic carbocycles. The van der Waals surface area contributed by atoms with Gasteiger partial charge in [-0.05, 0) is 44.0 Å². The third kappa shape index (κ3) is 2.87. The molecule has 2 rings (SSSR count). The lowest BCUT2D eigenvalue weighted by molar-refractivity contribution is -0.155. The summed E-state index contributed by atoms with van der Waals surface area (Å²) in [4.78, 5) is 23.8. The summed E-state index contributed by atoms with van der Waals surface area (Å²) < 4.78 is 23.8. The van der Waals surface area contributed by atoms with Gasteiger partial charge in [0.2, 0.25) is 0 Å². The van der Waals surface area contributed by atoms with Gasteiger partial charge in [-0.3, -0.25) is 10.0 Å². The number of sulfone groups is 1. The summed E-state index contributed by atoms with van der Waals surface area (Å²) in [5, 5.41) is 24.0. The zero-order valence-corrected chi connectivity index (χ0v) is 15.2. The zero-order valence-electron chi connectivity index (χ0n) is 14.4. The Morgan fingerprint density at radius 2 is 1.76 bits per heavy atom. The topological polar surface area (TPSA) is 128 Å². The van der Waals surface area contributed by atoms with E-state index in [1.165, 1.54) is 26.1 Å². The van der Waals surface area contributed by atoms with Crippen LogP contribution in [0.2, 0.25) is 0 Å². The number of hydrogen-bond acceptors (Lipinski definition) is 6. The molecule has 136 valence electrons. The first-order chi connectivity index (χ1) is 11.3. The summed E-state index contributed by atoms with van der Waals surface area (Å²) in [6.07, 6.45) is -0.615. The quantitative estimate of drug-likeness (QED) is 0.604. The van der Waals surface area contributed by atoms with E-state index in [2.05, 4.69) is 5.10 Å². The number of amides is 2. The lowest BCUT2D eigenvalue weighted by Crippen LogP contribution is -2.58. The van der Waals surface area contributed by atoms with Gasteiger partial charge in [0.25, 0.3) is 5.91 Å². The van der Waals surface area contributed by atoms with Crippen LogP contribution in [0.25, 0.3) is 0 Å². The Balaban J connectivity index is 2.70. The van der Waals surface area contributed by atoms with Gasteiger partial charge in [-0.2, -0.15) is 10.2 Å². The summed E-state index contributed by atoms with van der Waals surface area (Å²) >= 11 is 0. The van der Waals surface area contributed by atoms with Crippen LogP contribution in [0.5, 0.6) is 0 Å².